The molecule has 0 radical (unpaired) electrons. The van der Waals surface area contributed by atoms with Crippen LogP contribution in [0.4, 0.5) is 0 Å². The van der Waals surface area contributed by atoms with Gasteiger partial charge in [-0.3, -0.25) is 4.79 Å². The smallest absolute Gasteiger partial charge is 0.267 e. The average Bonchev–Trinajstić information content (AvgIpc) is 2.45. The molecule has 0 saturated carbocycles. The number of aliphatic imine (C=N–C) groups is 1. The van der Waals surface area contributed by atoms with Gasteiger partial charge in [0.15, 0.2) is 0 Å². The van der Waals surface area contributed by atoms with Crippen molar-refractivity contribution in [3.05, 3.63) is 33.3 Å². The molecule has 0 atom stereocenters. The lowest BCUT2D eigenvalue weighted by atomic mass is 10.0. The molecule has 1 amide bonds. The third kappa shape index (κ3) is 1.35. The SMILES string of the molecule is CCC1=NC(=O)c2cc(Cl)c(Cl)cc21. The Morgan fingerprint density at radius 3 is 2.36 bits per heavy atom. The first-order valence-corrected chi connectivity index (χ1v) is 5.00. The fourth-order valence-electron chi connectivity index (χ4n) is 1.48. The minimum atomic E-state index is -0.226. The summed E-state index contributed by atoms with van der Waals surface area (Å²) in [7, 11) is 0. The zero-order valence-electron chi connectivity index (χ0n) is 7.47. The van der Waals surface area contributed by atoms with Gasteiger partial charge in [-0.25, -0.2) is 4.99 Å². The lowest BCUT2D eigenvalue weighted by Crippen LogP contribution is -1.96. The van der Waals surface area contributed by atoms with Crippen molar-refractivity contribution in [1.82, 2.24) is 0 Å². The second-order valence-electron chi connectivity index (χ2n) is 3.03. The highest BCUT2D eigenvalue weighted by atomic mass is 35.5. The molecule has 1 aromatic carbocycles. The molecule has 2 nitrogen and oxygen atoms in total. The Bertz CT molecular complexity index is 452. The van der Waals surface area contributed by atoms with Crippen LogP contribution in [0.3, 0.4) is 0 Å². The number of amides is 1. The quantitative estimate of drug-likeness (QED) is 0.724. The van der Waals surface area contributed by atoms with Gasteiger partial charge in [0.05, 0.1) is 21.3 Å². The Morgan fingerprint density at radius 2 is 1.79 bits per heavy atom. The summed E-state index contributed by atoms with van der Waals surface area (Å²) in [5.41, 5.74) is 2.15. The van der Waals surface area contributed by atoms with Crippen molar-refractivity contribution in [2.45, 2.75) is 13.3 Å². The van der Waals surface area contributed by atoms with Crippen LogP contribution in [0.15, 0.2) is 17.1 Å². The van der Waals surface area contributed by atoms with Crippen LogP contribution in [0, 0.1) is 0 Å². The van der Waals surface area contributed by atoms with Crippen LogP contribution in [-0.4, -0.2) is 11.6 Å². The van der Waals surface area contributed by atoms with E-state index in [0.29, 0.717) is 15.6 Å². The monoisotopic (exact) mass is 227 g/mol. The van der Waals surface area contributed by atoms with Crippen molar-refractivity contribution in [2.24, 2.45) is 4.99 Å². The maximum atomic E-state index is 11.4. The molecule has 1 heterocycles. The van der Waals surface area contributed by atoms with Gasteiger partial charge in [-0.05, 0) is 18.6 Å². The number of nitrogens with zero attached hydrogens (tertiary/aromatic N) is 1. The fourth-order valence-corrected chi connectivity index (χ4v) is 1.80. The van der Waals surface area contributed by atoms with Crippen LogP contribution >= 0.6 is 23.2 Å². The number of carbonyl (C=O) groups is 1. The molecule has 14 heavy (non-hydrogen) atoms. The summed E-state index contributed by atoms with van der Waals surface area (Å²) in [4.78, 5) is 15.3. The van der Waals surface area contributed by atoms with E-state index in [2.05, 4.69) is 4.99 Å². The predicted molar refractivity (Wildman–Crippen MR) is 57.6 cm³/mol. The first kappa shape index (κ1) is 9.69. The van der Waals surface area contributed by atoms with Crippen molar-refractivity contribution in [3.63, 3.8) is 0 Å². The Hall–Kier alpha value is -0.860. The van der Waals surface area contributed by atoms with Gasteiger partial charge in [0.1, 0.15) is 0 Å². The molecular weight excluding hydrogens is 221 g/mol. The molecule has 0 spiro atoms. The highest BCUT2D eigenvalue weighted by molar-refractivity contribution is 6.43. The molecule has 0 aromatic heterocycles. The molecule has 0 N–H and O–H groups in total. The number of benzene rings is 1. The van der Waals surface area contributed by atoms with Crippen LogP contribution in [0.2, 0.25) is 10.0 Å². The van der Waals surface area contributed by atoms with Gasteiger partial charge in [0.25, 0.3) is 5.91 Å². The molecule has 72 valence electrons. The minimum Gasteiger partial charge on any atom is -0.267 e. The van der Waals surface area contributed by atoms with E-state index >= 15 is 0 Å². The van der Waals surface area contributed by atoms with Gasteiger partial charge in [0, 0.05) is 5.56 Å². The maximum absolute atomic E-state index is 11.4. The Morgan fingerprint density at radius 1 is 1.21 bits per heavy atom. The van der Waals surface area contributed by atoms with E-state index < -0.39 is 0 Å². The average molecular weight is 228 g/mol. The van der Waals surface area contributed by atoms with Crippen molar-refractivity contribution >= 4 is 34.8 Å². The van der Waals surface area contributed by atoms with Crippen molar-refractivity contribution in [2.75, 3.05) is 0 Å². The molecule has 0 aliphatic carbocycles. The minimum absolute atomic E-state index is 0.226. The molecule has 1 aliphatic rings. The second-order valence-corrected chi connectivity index (χ2v) is 3.84. The number of rotatable bonds is 1. The van der Waals surface area contributed by atoms with Gasteiger partial charge >= 0.3 is 0 Å². The summed E-state index contributed by atoms with van der Waals surface area (Å²) in [6.45, 7) is 1.95. The third-order valence-corrected chi connectivity index (χ3v) is 2.90. The summed E-state index contributed by atoms with van der Waals surface area (Å²) in [6, 6.07) is 3.28. The first-order chi connectivity index (χ1) is 6.63. The van der Waals surface area contributed by atoms with Crippen LogP contribution < -0.4 is 0 Å². The van der Waals surface area contributed by atoms with Gasteiger partial charge in [-0.2, -0.15) is 0 Å². The van der Waals surface area contributed by atoms with Gasteiger partial charge < -0.3 is 0 Å². The van der Waals surface area contributed by atoms with Crippen LogP contribution in [-0.2, 0) is 0 Å². The molecule has 0 bridgehead atoms. The van der Waals surface area contributed by atoms with Crippen molar-refractivity contribution < 1.29 is 4.79 Å². The van der Waals surface area contributed by atoms with E-state index in [-0.39, 0.29) is 5.91 Å². The Kier molecular flexibility index (Phi) is 2.33. The number of hydrogen-bond donors (Lipinski definition) is 0. The molecule has 0 unspecified atom stereocenters. The van der Waals surface area contributed by atoms with Crippen LogP contribution in [0.25, 0.3) is 0 Å². The zero-order chi connectivity index (χ0) is 10.3. The summed E-state index contributed by atoms with van der Waals surface area (Å²) in [6.07, 6.45) is 0.719. The standard InChI is InChI=1S/C10H7Cl2NO/c1-2-9-5-3-7(11)8(12)4-6(5)10(14)13-9/h3-4H,2H2,1H3. The van der Waals surface area contributed by atoms with Crippen molar-refractivity contribution in [3.8, 4) is 0 Å². The second kappa shape index (κ2) is 3.37. The summed E-state index contributed by atoms with van der Waals surface area (Å²) >= 11 is 11.7. The highest BCUT2D eigenvalue weighted by Crippen LogP contribution is 2.30. The molecule has 1 aliphatic heterocycles. The zero-order valence-corrected chi connectivity index (χ0v) is 8.99. The van der Waals surface area contributed by atoms with E-state index in [1.165, 1.54) is 0 Å². The first-order valence-electron chi connectivity index (χ1n) is 4.24. The summed E-state index contributed by atoms with van der Waals surface area (Å²) < 4.78 is 0. The van der Waals surface area contributed by atoms with E-state index in [0.717, 1.165) is 17.7 Å². The largest absolute Gasteiger partial charge is 0.277 e. The maximum Gasteiger partial charge on any atom is 0.277 e. The van der Waals surface area contributed by atoms with E-state index in [1.54, 1.807) is 12.1 Å². The summed E-state index contributed by atoms with van der Waals surface area (Å²) in [5.74, 6) is -0.226. The van der Waals surface area contributed by atoms with E-state index in [4.69, 9.17) is 23.2 Å². The van der Waals surface area contributed by atoms with Crippen molar-refractivity contribution in [1.29, 1.82) is 0 Å². The molecule has 0 saturated heterocycles. The van der Waals surface area contributed by atoms with E-state index in [1.807, 2.05) is 6.92 Å². The number of halogens is 2. The lowest BCUT2D eigenvalue weighted by Gasteiger charge is -2.02. The normalized spacial score (nSPS) is 14.2. The predicted octanol–water partition coefficient (Wildman–Crippen LogP) is 3.35. The molecule has 4 heteroatoms. The molecule has 0 fully saturated rings. The van der Waals surface area contributed by atoms with Gasteiger partial charge in [0.2, 0.25) is 0 Å². The molecule has 1 aromatic rings. The lowest BCUT2D eigenvalue weighted by molar-refractivity contribution is 0.101. The number of carbonyl (C=O) groups excluding carboxylic acids is 1. The topological polar surface area (TPSA) is 29.4 Å². The summed E-state index contributed by atoms with van der Waals surface area (Å²) in [5, 5.41) is 0.854. The molecule has 2 rings (SSSR count). The number of hydrogen-bond acceptors (Lipinski definition) is 1. The molecular formula is C10H7Cl2NO. The third-order valence-electron chi connectivity index (χ3n) is 2.17. The van der Waals surface area contributed by atoms with Gasteiger partial charge in [-0.1, -0.05) is 30.1 Å². The highest BCUT2D eigenvalue weighted by Gasteiger charge is 2.23. The van der Waals surface area contributed by atoms with Crippen LogP contribution in [0.5, 0.6) is 0 Å². The fraction of sp³-hybridized carbons (Fsp3) is 0.200. The van der Waals surface area contributed by atoms with Crippen LogP contribution in [0.1, 0.15) is 29.3 Å². The Balaban J connectivity index is 2.65. The Labute approximate surface area is 91.5 Å². The van der Waals surface area contributed by atoms with E-state index in [9.17, 15) is 4.79 Å². The van der Waals surface area contributed by atoms with Gasteiger partial charge in [-0.15, -0.1) is 0 Å². The number of fused-ring (bicyclic) bond motifs is 1.